The first-order chi connectivity index (χ1) is 18.7. The fraction of sp³-hybridized carbons (Fsp3) is 0.219. The molecule has 1 unspecified atom stereocenters. The van der Waals surface area contributed by atoms with E-state index in [1.54, 1.807) is 21.3 Å². The van der Waals surface area contributed by atoms with Crippen molar-refractivity contribution in [2.45, 2.75) is 0 Å². The highest BCUT2D eigenvalue weighted by Crippen LogP contribution is 2.62. The lowest BCUT2D eigenvalue weighted by Gasteiger charge is -2.35. The van der Waals surface area contributed by atoms with Gasteiger partial charge in [0.25, 0.3) is 0 Å². The molecule has 1 aliphatic heterocycles. The Balaban J connectivity index is 1.96. The zero-order valence-corrected chi connectivity index (χ0v) is 24.4. The van der Waals surface area contributed by atoms with Gasteiger partial charge in [-0.05, 0) is 65.7 Å². The van der Waals surface area contributed by atoms with E-state index in [9.17, 15) is 0 Å². The monoisotopic (exact) mass is 541 g/mol. The number of allylic oxidation sites excluding steroid dienone is 5. The van der Waals surface area contributed by atoms with E-state index in [1.165, 1.54) is 0 Å². The average molecular weight is 542 g/mol. The van der Waals surface area contributed by atoms with E-state index in [4.69, 9.17) is 14.2 Å². The Labute approximate surface area is 230 Å². The number of benzene rings is 3. The van der Waals surface area contributed by atoms with E-state index in [-0.39, 0.29) is 0 Å². The lowest BCUT2D eigenvalue weighted by Crippen LogP contribution is -2.28. The summed E-state index contributed by atoms with van der Waals surface area (Å²) in [6.07, 6.45) is 6.20. The Hall–Kier alpha value is -4.02. The van der Waals surface area contributed by atoms with Gasteiger partial charge in [0.05, 0.1) is 26.9 Å². The van der Waals surface area contributed by atoms with Gasteiger partial charge in [-0.1, -0.05) is 12.1 Å². The Morgan fingerprint density at radius 3 is 2.05 bits per heavy atom. The van der Waals surface area contributed by atoms with Crippen LogP contribution in [0.1, 0.15) is 11.1 Å². The summed E-state index contributed by atoms with van der Waals surface area (Å²) in [6, 6.07) is 19.6. The summed E-state index contributed by atoms with van der Waals surface area (Å²) in [7, 11) is 9.62. The van der Waals surface area contributed by atoms with Gasteiger partial charge in [-0.15, -0.1) is 0 Å². The van der Waals surface area contributed by atoms with E-state index >= 15 is 4.57 Å². The number of hydrogen-bond donors (Lipinski definition) is 0. The molecule has 0 saturated carbocycles. The van der Waals surface area contributed by atoms with Gasteiger partial charge in [-0.2, -0.15) is 0 Å². The average Bonchev–Trinajstić information content (AvgIpc) is 2.96. The highest BCUT2D eigenvalue weighted by atomic mass is 31.2. The van der Waals surface area contributed by atoms with Crippen LogP contribution in [-0.2, 0) is 4.57 Å². The molecule has 0 fully saturated rings. The molecule has 200 valence electrons. The van der Waals surface area contributed by atoms with Gasteiger partial charge in [0.15, 0.2) is 12.9 Å². The molecule has 0 aromatic heterocycles. The van der Waals surface area contributed by atoms with Crippen molar-refractivity contribution < 1.29 is 23.4 Å². The first kappa shape index (κ1) is 26.6. The van der Waals surface area contributed by atoms with Crippen LogP contribution in [0, 0.1) is 0 Å². The first-order valence-corrected chi connectivity index (χ1v) is 14.4. The molecule has 3 aromatic carbocycles. The topological polar surface area (TPSA) is 51.0 Å². The predicted octanol–water partition coefficient (Wildman–Crippen LogP) is 5.07. The van der Waals surface area contributed by atoms with Crippen molar-refractivity contribution in [1.82, 2.24) is 0 Å². The largest absolute Gasteiger partial charge is 0.497 e. The quantitative estimate of drug-likeness (QED) is 0.322. The number of anilines is 1. The second-order valence-electron chi connectivity index (χ2n) is 9.91. The molecule has 1 heterocycles. The van der Waals surface area contributed by atoms with Crippen molar-refractivity contribution in [2.24, 2.45) is 0 Å². The molecule has 39 heavy (non-hydrogen) atoms. The minimum Gasteiger partial charge on any atom is -0.497 e. The van der Waals surface area contributed by atoms with Crippen LogP contribution in [0.25, 0.3) is 5.57 Å². The normalized spacial score (nSPS) is 17.7. The zero-order valence-electron chi connectivity index (χ0n) is 23.5. The Morgan fingerprint density at radius 2 is 1.49 bits per heavy atom. The van der Waals surface area contributed by atoms with E-state index in [2.05, 4.69) is 36.4 Å². The molecule has 0 amide bonds. The van der Waals surface area contributed by atoms with Crippen molar-refractivity contribution in [3.05, 3.63) is 101 Å². The number of nitrogens with zero attached hydrogens (tertiary/aromatic N) is 2. The van der Waals surface area contributed by atoms with Gasteiger partial charge >= 0.3 is 0 Å². The second kappa shape index (κ2) is 10.3. The highest BCUT2D eigenvalue weighted by Gasteiger charge is 2.44. The van der Waals surface area contributed by atoms with Crippen molar-refractivity contribution in [3.63, 3.8) is 0 Å². The van der Waals surface area contributed by atoms with Crippen LogP contribution in [0.5, 0.6) is 17.2 Å². The number of fused-ring (bicyclic) bond motifs is 2. The maximum absolute atomic E-state index is 15.8. The second-order valence-corrected chi connectivity index (χ2v) is 12.6. The molecular weight excluding hydrogens is 507 g/mol. The molecule has 0 saturated heterocycles. The SMILES string of the molecule is COc1ccc(P2(=O)C3=CC(=[N+](C)C)C=CC3=C(c3c(OC)cccc3OC)c3ccc(N(C)C)cc32)cc1. The Kier molecular flexibility index (Phi) is 7.00. The van der Waals surface area contributed by atoms with Crippen molar-refractivity contribution >= 4 is 34.7 Å². The maximum Gasteiger partial charge on any atom is 0.200 e. The summed E-state index contributed by atoms with van der Waals surface area (Å²) < 4.78 is 34.9. The van der Waals surface area contributed by atoms with E-state index in [0.717, 1.165) is 55.3 Å². The minimum atomic E-state index is -3.33. The van der Waals surface area contributed by atoms with Crippen LogP contribution >= 0.6 is 7.14 Å². The molecule has 6 nitrogen and oxygen atoms in total. The van der Waals surface area contributed by atoms with Crippen LogP contribution in [0.3, 0.4) is 0 Å². The molecule has 0 N–H and O–H groups in total. The summed E-state index contributed by atoms with van der Waals surface area (Å²) in [6.45, 7) is 0. The molecule has 2 aliphatic rings. The molecule has 1 aliphatic carbocycles. The van der Waals surface area contributed by atoms with Gasteiger partial charge in [0.2, 0.25) is 0 Å². The lowest BCUT2D eigenvalue weighted by molar-refractivity contribution is -0.462. The Morgan fingerprint density at radius 1 is 0.821 bits per heavy atom. The van der Waals surface area contributed by atoms with Gasteiger partial charge in [0.1, 0.15) is 31.3 Å². The van der Waals surface area contributed by atoms with Crippen LogP contribution in [0.15, 0.2) is 89.8 Å². The lowest BCUT2D eigenvalue weighted by atomic mass is 9.88. The van der Waals surface area contributed by atoms with Gasteiger partial charge < -0.3 is 23.7 Å². The van der Waals surface area contributed by atoms with E-state index < -0.39 is 7.14 Å². The number of ether oxygens (including phenoxy) is 3. The molecule has 3 aromatic rings. The summed E-state index contributed by atoms with van der Waals surface area (Å²) in [5.41, 5.74) is 5.51. The molecule has 0 spiro atoms. The van der Waals surface area contributed by atoms with Crippen molar-refractivity contribution in [2.75, 3.05) is 54.4 Å². The molecule has 5 rings (SSSR count). The Bertz CT molecular complexity index is 1600. The van der Waals surface area contributed by atoms with Crippen LogP contribution in [0.4, 0.5) is 5.69 Å². The van der Waals surface area contributed by atoms with Crippen LogP contribution in [0.2, 0.25) is 0 Å². The molecule has 1 atom stereocenters. The smallest absolute Gasteiger partial charge is 0.200 e. The molecular formula is C32H34N2O4P+. The first-order valence-electron chi connectivity index (χ1n) is 12.7. The predicted molar refractivity (Wildman–Crippen MR) is 161 cm³/mol. The van der Waals surface area contributed by atoms with Crippen molar-refractivity contribution in [3.8, 4) is 17.2 Å². The van der Waals surface area contributed by atoms with Gasteiger partial charge in [-0.3, -0.25) is 0 Å². The standard InChI is InChI=1S/C32H34N2O4P/c1-33(2)21-11-17-25-29(19-21)39(35,24-15-13-23(36-5)14-16-24)30-20-22(34(3)4)12-18-26(30)31(25)32-27(37-6)9-8-10-28(32)38-7/h8-20H,1-7H3/q+1. The fourth-order valence-electron chi connectivity index (χ4n) is 5.25. The summed E-state index contributed by atoms with van der Waals surface area (Å²) in [5.74, 6) is 2.10. The number of rotatable bonds is 6. The van der Waals surface area contributed by atoms with Crippen LogP contribution in [-0.4, -0.2) is 59.8 Å². The van der Waals surface area contributed by atoms with E-state index in [1.807, 2.05) is 80.1 Å². The maximum atomic E-state index is 15.8. The highest BCUT2D eigenvalue weighted by molar-refractivity contribution is 7.83. The third-order valence-electron chi connectivity index (χ3n) is 7.33. The molecule has 0 bridgehead atoms. The molecule has 7 heteroatoms. The van der Waals surface area contributed by atoms with Crippen LogP contribution < -0.4 is 29.7 Å². The summed E-state index contributed by atoms with van der Waals surface area (Å²) in [5, 5.41) is 2.32. The van der Waals surface area contributed by atoms with Gasteiger partial charge in [0, 0.05) is 53.4 Å². The fourth-order valence-corrected chi connectivity index (χ4v) is 8.32. The van der Waals surface area contributed by atoms with Crippen molar-refractivity contribution in [1.29, 1.82) is 0 Å². The number of hydrogen-bond acceptors (Lipinski definition) is 5. The minimum absolute atomic E-state index is 0.691. The summed E-state index contributed by atoms with van der Waals surface area (Å²) >= 11 is 0. The van der Waals surface area contributed by atoms with Gasteiger partial charge in [-0.25, -0.2) is 4.58 Å². The zero-order chi connectivity index (χ0) is 27.9. The summed E-state index contributed by atoms with van der Waals surface area (Å²) in [4.78, 5) is 2.04. The third kappa shape index (κ3) is 4.29. The third-order valence-corrected chi connectivity index (χ3v) is 10.4. The molecule has 0 radical (unpaired) electrons. The van der Waals surface area contributed by atoms with E-state index in [0.29, 0.717) is 11.5 Å². The number of methoxy groups -OCH3 is 3.